The van der Waals surface area contributed by atoms with Gasteiger partial charge in [0.05, 0.1) is 0 Å². The van der Waals surface area contributed by atoms with Gasteiger partial charge in [0.2, 0.25) is 0 Å². The fraction of sp³-hybridized carbons (Fsp3) is 0.760. The highest BCUT2D eigenvalue weighted by Gasteiger charge is 1.95. The lowest BCUT2D eigenvalue weighted by molar-refractivity contribution is -0.106. The van der Waals surface area contributed by atoms with E-state index in [2.05, 4.69) is 34.3 Å². The minimum Gasteiger partial charge on any atom is -0.308 e. The largest absolute Gasteiger partial charge is 0.308 e. The molecule has 0 spiro atoms. The molecule has 0 aromatic heterocycles. The summed E-state index contributed by atoms with van der Waals surface area (Å²) in [5, 5.41) is 6.95. The Balaban J connectivity index is -0.0000000556. The smallest absolute Gasteiger partial charge is 0.116 e. The van der Waals surface area contributed by atoms with Gasteiger partial charge in [0.25, 0.3) is 0 Å². The molecule has 0 aromatic carbocycles. The van der Waals surface area contributed by atoms with Crippen LogP contribution in [0.5, 0.6) is 0 Å². The molecule has 0 unspecified atom stereocenters. The van der Waals surface area contributed by atoms with Crippen molar-refractivity contribution in [3.8, 4) is 0 Å². The zero-order chi connectivity index (χ0) is 22.9. The Hall–Kier alpha value is -1.18. The van der Waals surface area contributed by atoms with Crippen LogP contribution in [0.1, 0.15) is 121 Å². The molecule has 2 heteroatoms. The highest BCUT2D eigenvalue weighted by atomic mass is 16.1. The summed E-state index contributed by atoms with van der Waals surface area (Å²) in [4.78, 5) is 8.81. The van der Waals surface area contributed by atoms with Crippen LogP contribution in [0.15, 0.2) is 24.3 Å². The van der Waals surface area contributed by atoms with Crippen LogP contribution in [0.4, 0.5) is 0 Å². The summed E-state index contributed by atoms with van der Waals surface area (Å²) in [6.07, 6.45) is 14.9. The predicted molar refractivity (Wildman–Crippen MR) is 131 cm³/mol. The van der Waals surface area contributed by atoms with E-state index in [9.17, 15) is 0 Å². The van der Waals surface area contributed by atoms with Crippen molar-refractivity contribution in [1.29, 1.82) is 5.41 Å². The van der Waals surface area contributed by atoms with Crippen LogP contribution in [-0.2, 0) is 4.79 Å². The molecule has 0 atom stereocenters. The molecule has 0 fully saturated rings. The zero-order valence-electron chi connectivity index (χ0n) is 21.0. The summed E-state index contributed by atoms with van der Waals surface area (Å²) in [6, 6.07) is 0. The molecule has 0 saturated heterocycles. The first-order chi connectivity index (χ1) is 13.0. The molecule has 0 aliphatic carbocycles. The summed E-state index contributed by atoms with van der Waals surface area (Å²) in [5.74, 6) is 0.963. The molecular weight excluding hydrogens is 330 g/mol. The van der Waals surface area contributed by atoms with Crippen molar-refractivity contribution in [1.82, 2.24) is 0 Å². The van der Waals surface area contributed by atoms with Gasteiger partial charge in [0, 0.05) is 6.21 Å². The van der Waals surface area contributed by atoms with Gasteiger partial charge in [-0.15, -0.1) is 6.58 Å². The molecule has 0 saturated carbocycles. The van der Waals surface area contributed by atoms with Crippen LogP contribution in [0, 0.1) is 11.3 Å². The Morgan fingerprint density at radius 2 is 1.26 bits per heavy atom. The third-order valence-corrected chi connectivity index (χ3v) is 2.94. The maximum Gasteiger partial charge on any atom is 0.116 e. The van der Waals surface area contributed by atoms with Gasteiger partial charge in [0.1, 0.15) is 6.29 Å². The molecular formula is C25H55NO. The molecule has 0 radical (unpaired) electrons. The Morgan fingerprint density at radius 1 is 0.926 bits per heavy atom. The van der Waals surface area contributed by atoms with Crippen molar-refractivity contribution in [3.63, 3.8) is 0 Å². The van der Waals surface area contributed by atoms with Gasteiger partial charge in [-0.25, -0.2) is 0 Å². The highest BCUT2D eigenvalue weighted by Crippen LogP contribution is 2.10. The maximum atomic E-state index is 8.81. The summed E-state index contributed by atoms with van der Waals surface area (Å²) < 4.78 is 0. The van der Waals surface area contributed by atoms with Crippen molar-refractivity contribution >= 4 is 12.5 Å². The van der Waals surface area contributed by atoms with Gasteiger partial charge in [-0.05, 0) is 45.1 Å². The Kier molecular flexibility index (Phi) is 84.4. The summed E-state index contributed by atoms with van der Waals surface area (Å²) in [5.41, 5.74) is 1.15. The second-order valence-corrected chi connectivity index (χ2v) is 5.44. The van der Waals surface area contributed by atoms with Crippen molar-refractivity contribution in [3.05, 3.63) is 24.3 Å². The number of aldehydes is 1. The van der Waals surface area contributed by atoms with Crippen LogP contribution in [-0.4, -0.2) is 12.5 Å². The van der Waals surface area contributed by atoms with Gasteiger partial charge in [-0.2, -0.15) is 0 Å². The summed E-state index contributed by atoms with van der Waals surface area (Å²) in [7, 11) is 0. The van der Waals surface area contributed by atoms with Crippen molar-refractivity contribution in [2.24, 2.45) is 5.92 Å². The molecule has 27 heavy (non-hydrogen) atoms. The number of carbonyl (C=O) groups excluding carboxylic acids is 1. The number of hydrogen-bond acceptors (Lipinski definition) is 2. The van der Waals surface area contributed by atoms with E-state index in [4.69, 9.17) is 10.2 Å². The third kappa shape index (κ3) is 78.6. The molecule has 0 bridgehead atoms. The number of unbranched alkanes of at least 4 members (excludes halogenated alkanes) is 1. The predicted octanol–water partition coefficient (Wildman–Crippen LogP) is 9.45. The zero-order valence-corrected chi connectivity index (χ0v) is 21.0. The lowest BCUT2D eigenvalue weighted by Crippen LogP contribution is -1.91. The monoisotopic (exact) mass is 385 g/mol. The number of nitrogens with one attached hydrogen (secondary N) is 1. The number of allylic oxidation sites excluding steroid dienone is 3. The lowest BCUT2D eigenvalue weighted by atomic mass is 10.0. The molecule has 2 nitrogen and oxygen atoms in total. The van der Waals surface area contributed by atoms with E-state index in [1.807, 2.05) is 47.6 Å². The van der Waals surface area contributed by atoms with E-state index in [1.54, 1.807) is 6.08 Å². The molecule has 0 aliphatic heterocycles. The Labute approximate surface area is 174 Å². The normalized spacial score (nSPS) is 8.37. The van der Waals surface area contributed by atoms with Crippen LogP contribution in [0.2, 0.25) is 0 Å². The Morgan fingerprint density at radius 3 is 1.44 bits per heavy atom. The standard InChI is InChI=1S/C8H15N.C8H18.C3H6.C2H4O.2C2H6/c1-3-5-6-8(4-2)7-9;1-4-6-8(3)7-5-2;1-3-2;1-2-3;2*1-2/h4,7,9H,3,5-6H2,1-2H3;8H,4-7H2,1-3H3;3H,1H2,2H3;2H,1H3;2*1-2H3/b8-4-,9-7?;;;;;. The van der Waals surface area contributed by atoms with Gasteiger partial charge in [0.15, 0.2) is 0 Å². The van der Waals surface area contributed by atoms with Gasteiger partial charge >= 0.3 is 0 Å². The molecule has 0 heterocycles. The average molecular weight is 386 g/mol. The van der Waals surface area contributed by atoms with Crippen LogP contribution in [0.25, 0.3) is 0 Å². The number of carbonyl (C=O) groups is 1. The van der Waals surface area contributed by atoms with Gasteiger partial charge in [-0.3, -0.25) is 0 Å². The summed E-state index contributed by atoms with van der Waals surface area (Å²) >= 11 is 0. The first-order valence-electron chi connectivity index (χ1n) is 11.1. The maximum absolute atomic E-state index is 8.81. The fourth-order valence-corrected chi connectivity index (χ4v) is 1.81. The van der Waals surface area contributed by atoms with E-state index in [-0.39, 0.29) is 0 Å². The molecule has 1 N–H and O–H groups in total. The molecule has 0 aliphatic rings. The second kappa shape index (κ2) is 56.3. The van der Waals surface area contributed by atoms with E-state index in [0.717, 1.165) is 24.2 Å². The molecule has 0 aromatic rings. The minimum atomic E-state index is 0.750. The lowest BCUT2D eigenvalue weighted by Gasteiger charge is -2.05. The fourth-order valence-electron chi connectivity index (χ4n) is 1.81. The quantitative estimate of drug-likeness (QED) is 0.252. The van der Waals surface area contributed by atoms with Gasteiger partial charge < -0.3 is 10.2 Å². The first-order valence-corrected chi connectivity index (χ1v) is 11.1. The molecule has 0 rings (SSSR count). The molecule has 0 amide bonds. The van der Waals surface area contributed by atoms with E-state index in [1.165, 1.54) is 51.7 Å². The van der Waals surface area contributed by atoms with E-state index in [0.29, 0.717) is 0 Å². The third-order valence-electron chi connectivity index (χ3n) is 2.94. The van der Waals surface area contributed by atoms with Gasteiger partial charge in [-0.1, -0.05) is 99.6 Å². The minimum absolute atomic E-state index is 0.750. The van der Waals surface area contributed by atoms with E-state index >= 15 is 0 Å². The van der Waals surface area contributed by atoms with Crippen molar-refractivity contribution in [2.45, 2.75) is 121 Å². The second-order valence-electron chi connectivity index (χ2n) is 5.44. The molecule has 166 valence electrons. The SMILES string of the molecule is C/C=C(\C=N)CCCC.C=CC.CC.CC.CC=O.CCCC(C)CCC. The van der Waals surface area contributed by atoms with Crippen molar-refractivity contribution < 1.29 is 4.79 Å². The average Bonchev–Trinajstić information content (AvgIpc) is 2.68. The number of rotatable bonds is 8. The number of hydrogen-bond donors (Lipinski definition) is 1. The van der Waals surface area contributed by atoms with E-state index < -0.39 is 0 Å². The Bertz CT molecular complexity index is 245. The topological polar surface area (TPSA) is 40.9 Å². The highest BCUT2D eigenvalue weighted by molar-refractivity contribution is 5.75. The first kappa shape index (κ1) is 40.5. The van der Waals surface area contributed by atoms with Crippen LogP contribution in [0.3, 0.4) is 0 Å². The van der Waals surface area contributed by atoms with Crippen LogP contribution < -0.4 is 0 Å². The van der Waals surface area contributed by atoms with Crippen molar-refractivity contribution in [2.75, 3.05) is 0 Å². The summed E-state index contributed by atoms with van der Waals surface area (Å²) in [6.45, 7) is 25.7. The van der Waals surface area contributed by atoms with Crippen LogP contribution >= 0.6 is 0 Å².